The van der Waals surface area contributed by atoms with Crippen LogP contribution in [-0.2, 0) is 4.74 Å². The molecular formula is C11H14N6O3. The lowest BCUT2D eigenvalue weighted by atomic mass is 10.3. The molecule has 1 atom stereocenters. The summed E-state index contributed by atoms with van der Waals surface area (Å²) in [5.41, 5.74) is -0.176. The molecule has 9 heteroatoms. The van der Waals surface area contributed by atoms with Gasteiger partial charge >= 0.3 is 5.69 Å². The number of nitro groups is 1. The molecule has 2 rings (SSSR count). The van der Waals surface area contributed by atoms with Gasteiger partial charge in [-0.15, -0.1) is 0 Å². The van der Waals surface area contributed by atoms with Gasteiger partial charge in [-0.25, -0.2) is 4.98 Å². The average Bonchev–Trinajstić information content (AvgIpc) is 2.47. The van der Waals surface area contributed by atoms with Crippen LogP contribution in [0.25, 0.3) is 0 Å². The molecule has 9 nitrogen and oxygen atoms in total. The zero-order valence-electron chi connectivity index (χ0n) is 10.9. The molecule has 1 aromatic rings. The molecule has 0 saturated carbocycles. The number of anilines is 2. The second-order valence-corrected chi connectivity index (χ2v) is 4.12. The number of hydrogen-bond donors (Lipinski definition) is 1. The van der Waals surface area contributed by atoms with Crippen molar-refractivity contribution in [3.63, 3.8) is 0 Å². The summed E-state index contributed by atoms with van der Waals surface area (Å²) in [4.78, 5) is 20.3. The molecule has 2 heterocycles. The van der Waals surface area contributed by atoms with E-state index in [9.17, 15) is 10.1 Å². The van der Waals surface area contributed by atoms with Crippen molar-refractivity contribution >= 4 is 17.5 Å². The Bertz CT molecular complexity index is 543. The number of morpholine rings is 1. The highest BCUT2D eigenvalue weighted by molar-refractivity contribution is 5.59. The highest BCUT2D eigenvalue weighted by Crippen LogP contribution is 2.27. The molecule has 1 fully saturated rings. The Balaban J connectivity index is 2.34. The van der Waals surface area contributed by atoms with Gasteiger partial charge < -0.3 is 15.0 Å². The van der Waals surface area contributed by atoms with Gasteiger partial charge in [-0.3, -0.25) is 10.1 Å². The van der Waals surface area contributed by atoms with E-state index in [1.165, 1.54) is 6.20 Å². The Morgan fingerprint density at radius 1 is 1.75 bits per heavy atom. The Hall–Kier alpha value is -2.47. The quantitative estimate of drug-likeness (QED) is 0.626. The van der Waals surface area contributed by atoms with Crippen LogP contribution in [0.15, 0.2) is 6.20 Å². The summed E-state index contributed by atoms with van der Waals surface area (Å²) >= 11 is 0. The van der Waals surface area contributed by atoms with Crippen molar-refractivity contribution in [2.75, 3.05) is 36.5 Å². The van der Waals surface area contributed by atoms with E-state index < -0.39 is 11.0 Å². The monoisotopic (exact) mass is 278 g/mol. The summed E-state index contributed by atoms with van der Waals surface area (Å²) in [5, 5.41) is 22.9. The maximum absolute atomic E-state index is 11.1. The van der Waals surface area contributed by atoms with E-state index in [2.05, 4.69) is 15.3 Å². The Kier molecular flexibility index (Phi) is 4.27. The number of hydrogen-bond acceptors (Lipinski definition) is 8. The zero-order valence-corrected chi connectivity index (χ0v) is 10.9. The van der Waals surface area contributed by atoms with Crippen molar-refractivity contribution < 1.29 is 9.66 Å². The number of aromatic nitrogens is 2. The van der Waals surface area contributed by atoms with E-state index in [0.29, 0.717) is 25.6 Å². The zero-order chi connectivity index (χ0) is 14.5. The molecule has 0 bridgehead atoms. The van der Waals surface area contributed by atoms with Crippen LogP contribution in [0, 0.1) is 21.4 Å². The summed E-state index contributed by atoms with van der Waals surface area (Å²) in [7, 11) is 0. The van der Waals surface area contributed by atoms with Crippen LogP contribution < -0.4 is 10.2 Å². The lowest BCUT2D eigenvalue weighted by molar-refractivity contribution is -0.384. The van der Waals surface area contributed by atoms with Crippen LogP contribution in [0.2, 0.25) is 0 Å². The summed E-state index contributed by atoms with van der Waals surface area (Å²) in [5.74, 6) is 0.539. The van der Waals surface area contributed by atoms with Gasteiger partial charge in [0, 0.05) is 13.1 Å². The second-order valence-electron chi connectivity index (χ2n) is 4.12. The first-order valence-electron chi connectivity index (χ1n) is 6.17. The molecule has 0 radical (unpaired) electrons. The van der Waals surface area contributed by atoms with E-state index in [-0.39, 0.29) is 18.1 Å². The van der Waals surface area contributed by atoms with Gasteiger partial charge in [0.15, 0.2) is 6.10 Å². The lowest BCUT2D eigenvalue weighted by Crippen LogP contribution is -2.42. The first kappa shape index (κ1) is 14.0. The largest absolute Gasteiger partial charge is 0.360 e. The topological polar surface area (TPSA) is 117 Å². The normalized spacial score (nSPS) is 18.4. The van der Waals surface area contributed by atoms with Gasteiger partial charge in [0.05, 0.1) is 24.1 Å². The molecule has 1 aliphatic rings. The van der Waals surface area contributed by atoms with Crippen LogP contribution in [0.1, 0.15) is 6.92 Å². The van der Waals surface area contributed by atoms with E-state index in [4.69, 9.17) is 10.00 Å². The Morgan fingerprint density at radius 2 is 2.55 bits per heavy atom. The van der Waals surface area contributed by atoms with Crippen LogP contribution in [0.5, 0.6) is 0 Å². The van der Waals surface area contributed by atoms with Crippen LogP contribution >= 0.6 is 0 Å². The summed E-state index contributed by atoms with van der Waals surface area (Å²) in [6.07, 6.45) is 0.567. The molecule has 0 spiro atoms. The predicted molar refractivity (Wildman–Crippen MR) is 70.4 cm³/mol. The molecule has 0 amide bonds. The molecule has 20 heavy (non-hydrogen) atoms. The fourth-order valence-corrected chi connectivity index (χ4v) is 1.89. The van der Waals surface area contributed by atoms with Gasteiger partial charge in [-0.1, -0.05) is 0 Å². The molecule has 1 saturated heterocycles. The number of nitrogens with zero attached hydrogens (tertiary/aromatic N) is 5. The summed E-state index contributed by atoms with van der Waals surface area (Å²) in [6.45, 7) is 3.52. The van der Waals surface area contributed by atoms with Gasteiger partial charge in [-0.2, -0.15) is 10.2 Å². The minimum atomic E-state index is -0.610. The Labute approximate surface area is 115 Å². The van der Waals surface area contributed by atoms with Gasteiger partial charge in [0.2, 0.25) is 11.8 Å². The van der Waals surface area contributed by atoms with Crippen molar-refractivity contribution in [2.45, 2.75) is 13.0 Å². The highest BCUT2D eigenvalue weighted by atomic mass is 16.6. The molecule has 1 unspecified atom stereocenters. The molecule has 1 N–H and O–H groups in total. The van der Waals surface area contributed by atoms with E-state index in [0.717, 1.165) is 0 Å². The SMILES string of the molecule is CCNc1ncc([N+](=O)[O-])c(N2CCOC(C#N)C2)n1. The summed E-state index contributed by atoms with van der Waals surface area (Å²) < 4.78 is 5.23. The third-order valence-corrected chi connectivity index (χ3v) is 2.79. The maximum atomic E-state index is 11.1. The van der Waals surface area contributed by atoms with E-state index in [1.54, 1.807) is 4.90 Å². The fraction of sp³-hybridized carbons (Fsp3) is 0.545. The minimum Gasteiger partial charge on any atom is -0.360 e. The second kappa shape index (κ2) is 6.12. The third kappa shape index (κ3) is 2.92. The van der Waals surface area contributed by atoms with Crippen molar-refractivity contribution in [2.24, 2.45) is 0 Å². The predicted octanol–water partition coefficient (Wildman–Crippen LogP) is 0.545. The molecule has 1 aliphatic heterocycles. The first-order chi connectivity index (χ1) is 9.65. The van der Waals surface area contributed by atoms with Crippen LogP contribution in [-0.4, -0.2) is 47.2 Å². The molecule has 106 valence electrons. The van der Waals surface area contributed by atoms with Crippen molar-refractivity contribution in [3.8, 4) is 6.07 Å². The summed E-state index contributed by atoms with van der Waals surface area (Å²) in [6, 6.07) is 2.00. The number of nitrogens with one attached hydrogen (secondary N) is 1. The van der Waals surface area contributed by atoms with Crippen molar-refractivity contribution in [1.29, 1.82) is 5.26 Å². The van der Waals surface area contributed by atoms with Gasteiger partial charge in [-0.05, 0) is 6.92 Å². The fourth-order valence-electron chi connectivity index (χ4n) is 1.89. The third-order valence-electron chi connectivity index (χ3n) is 2.79. The van der Waals surface area contributed by atoms with Crippen LogP contribution in [0.4, 0.5) is 17.5 Å². The molecule has 0 aliphatic carbocycles. The van der Waals surface area contributed by atoms with Crippen molar-refractivity contribution in [3.05, 3.63) is 16.3 Å². The minimum absolute atomic E-state index is 0.176. The molecule has 1 aromatic heterocycles. The molecule has 0 aromatic carbocycles. The van der Waals surface area contributed by atoms with Crippen molar-refractivity contribution in [1.82, 2.24) is 9.97 Å². The average molecular weight is 278 g/mol. The number of nitriles is 1. The van der Waals surface area contributed by atoms with E-state index >= 15 is 0 Å². The number of ether oxygens (including phenoxy) is 1. The first-order valence-corrected chi connectivity index (χ1v) is 6.17. The maximum Gasteiger partial charge on any atom is 0.329 e. The molecular weight excluding hydrogens is 264 g/mol. The highest BCUT2D eigenvalue weighted by Gasteiger charge is 2.28. The number of rotatable bonds is 4. The smallest absolute Gasteiger partial charge is 0.329 e. The Morgan fingerprint density at radius 3 is 3.20 bits per heavy atom. The van der Waals surface area contributed by atoms with E-state index in [1.807, 2.05) is 13.0 Å². The standard InChI is InChI=1S/C11H14N6O3/c1-2-13-11-14-6-9(17(18)19)10(15-11)16-3-4-20-8(5-12)7-16/h6,8H,2-4,7H2,1H3,(H,13,14,15). The van der Waals surface area contributed by atoms with Gasteiger partial charge in [0.1, 0.15) is 6.20 Å². The lowest BCUT2D eigenvalue weighted by Gasteiger charge is -2.30. The van der Waals surface area contributed by atoms with Gasteiger partial charge in [0.25, 0.3) is 0 Å². The van der Waals surface area contributed by atoms with Crippen LogP contribution in [0.3, 0.4) is 0 Å².